The van der Waals surface area contributed by atoms with Crippen LogP contribution in [-0.2, 0) is 11.2 Å². The zero-order chi connectivity index (χ0) is 16.2. The van der Waals surface area contributed by atoms with Gasteiger partial charge in [0.2, 0.25) is 5.91 Å². The van der Waals surface area contributed by atoms with Crippen LogP contribution in [0.4, 0.5) is 0 Å². The molecule has 1 unspecified atom stereocenters. The van der Waals surface area contributed by atoms with Crippen molar-refractivity contribution in [3.63, 3.8) is 0 Å². The molecule has 0 spiro atoms. The number of carbonyl (C=O) groups is 1. The van der Waals surface area contributed by atoms with Crippen LogP contribution in [0.3, 0.4) is 0 Å². The van der Waals surface area contributed by atoms with Crippen LogP contribution < -0.4 is 5.32 Å². The van der Waals surface area contributed by atoms with Gasteiger partial charge < -0.3 is 14.6 Å². The Bertz CT molecular complexity index is 658. The highest BCUT2D eigenvalue weighted by molar-refractivity contribution is 7.13. The van der Waals surface area contributed by atoms with Crippen LogP contribution in [-0.4, -0.2) is 41.5 Å². The molecule has 3 rings (SSSR count). The highest BCUT2D eigenvalue weighted by Crippen LogP contribution is 2.26. The Hall–Kier alpha value is -1.66. The maximum absolute atomic E-state index is 12.7. The lowest BCUT2D eigenvalue weighted by atomic mass is 10.2. The third-order valence-corrected chi connectivity index (χ3v) is 5.00. The van der Waals surface area contributed by atoms with Crippen LogP contribution in [0.5, 0.6) is 0 Å². The quantitative estimate of drug-likeness (QED) is 0.883. The van der Waals surface area contributed by atoms with Gasteiger partial charge in [-0.1, -0.05) is 6.92 Å². The van der Waals surface area contributed by atoms with Crippen LogP contribution in [0.15, 0.2) is 21.9 Å². The van der Waals surface area contributed by atoms with Crippen molar-refractivity contribution in [1.82, 2.24) is 15.2 Å². The van der Waals surface area contributed by atoms with E-state index in [1.807, 2.05) is 29.3 Å². The number of hydrogen-bond acceptors (Lipinski definition) is 5. The average molecular weight is 333 g/mol. The molecule has 5 nitrogen and oxygen atoms in total. The second kappa shape index (κ2) is 7.27. The summed E-state index contributed by atoms with van der Waals surface area (Å²) in [6.07, 6.45) is 2.39. The predicted molar refractivity (Wildman–Crippen MR) is 91.5 cm³/mol. The number of nitrogens with zero attached hydrogens (tertiary/aromatic N) is 2. The molecule has 1 saturated heterocycles. The maximum Gasteiger partial charge on any atom is 0.228 e. The van der Waals surface area contributed by atoms with E-state index in [0.717, 1.165) is 54.7 Å². The number of rotatable bonds is 6. The summed E-state index contributed by atoms with van der Waals surface area (Å²) in [6, 6.07) is 4.18. The Kier molecular flexibility index (Phi) is 5.13. The fourth-order valence-corrected chi connectivity index (χ4v) is 3.74. The standard InChI is InChI=1S/C17H23N3O2S/c1-3-8-20(14-6-7-18-10-14)16(21)9-13-11-23-17(19-13)15-5-4-12(2)22-15/h4-5,11,14,18H,3,6-10H2,1-2H3. The molecular weight excluding hydrogens is 310 g/mol. The van der Waals surface area contributed by atoms with Crippen LogP contribution >= 0.6 is 11.3 Å². The molecule has 23 heavy (non-hydrogen) atoms. The Balaban J connectivity index is 1.67. The summed E-state index contributed by atoms with van der Waals surface area (Å²) < 4.78 is 5.60. The van der Waals surface area contributed by atoms with Gasteiger partial charge in [0.05, 0.1) is 12.1 Å². The summed E-state index contributed by atoms with van der Waals surface area (Å²) in [5, 5.41) is 6.14. The van der Waals surface area contributed by atoms with Crippen LogP contribution in [0, 0.1) is 6.92 Å². The summed E-state index contributed by atoms with van der Waals surface area (Å²) in [5.74, 6) is 1.82. The smallest absolute Gasteiger partial charge is 0.228 e. The van der Waals surface area contributed by atoms with Crippen molar-refractivity contribution in [2.24, 2.45) is 0 Å². The molecule has 0 radical (unpaired) electrons. The second-order valence-corrected chi connectivity index (χ2v) is 6.82. The lowest BCUT2D eigenvalue weighted by molar-refractivity contribution is -0.132. The molecule has 1 amide bonds. The Morgan fingerprint density at radius 2 is 2.39 bits per heavy atom. The van der Waals surface area contributed by atoms with E-state index in [0.29, 0.717) is 12.5 Å². The fourth-order valence-electron chi connectivity index (χ4n) is 2.96. The molecule has 0 saturated carbocycles. The Morgan fingerprint density at radius 1 is 1.52 bits per heavy atom. The Morgan fingerprint density at radius 3 is 3.04 bits per heavy atom. The van der Waals surface area contributed by atoms with Gasteiger partial charge in [0.25, 0.3) is 0 Å². The zero-order valence-corrected chi connectivity index (χ0v) is 14.5. The lowest BCUT2D eigenvalue weighted by Gasteiger charge is -2.28. The molecule has 3 heterocycles. The molecule has 0 aromatic carbocycles. The summed E-state index contributed by atoms with van der Waals surface area (Å²) in [4.78, 5) is 19.3. The van der Waals surface area contributed by atoms with Crippen molar-refractivity contribution in [2.75, 3.05) is 19.6 Å². The first-order valence-electron chi connectivity index (χ1n) is 8.18. The van der Waals surface area contributed by atoms with Gasteiger partial charge >= 0.3 is 0 Å². The Labute approximate surface area is 140 Å². The van der Waals surface area contributed by atoms with E-state index in [1.165, 1.54) is 11.3 Å². The van der Waals surface area contributed by atoms with Crippen molar-refractivity contribution in [1.29, 1.82) is 0 Å². The van der Waals surface area contributed by atoms with E-state index in [2.05, 4.69) is 17.2 Å². The van der Waals surface area contributed by atoms with Gasteiger partial charge in [0.15, 0.2) is 10.8 Å². The molecule has 1 fully saturated rings. The van der Waals surface area contributed by atoms with Crippen LogP contribution in [0.2, 0.25) is 0 Å². The molecule has 124 valence electrons. The first-order valence-corrected chi connectivity index (χ1v) is 9.06. The van der Waals surface area contributed by atoms with E-state index in [-0.39, 0.29) is 5.91 Å². The molecule has 0 aliphatic carbocycles. The SMILES string of the molecule is CCCN(C(=O)Cc1csc(-c2ccc(C)o2)n1)C1CCNC1. The third-order valence-electron chi connectivity index (χ3n) is 4.10. The summed E-state index contributed by atoms with van der Waals surface area (Å²) in [5.41, 5.74) is 0.830. The third kappa shape index (κ3) is 3.82. The minimum atomic E-state index is 0.174. The van der Waals surface area contributed by atoms with Gasteiger partial charge in [-0.15, -0.1) is 11.3 Å². The van der Waals surface area contributed by atoms with Crippen LogP contribution in [0.1, 0.15) is 31.2 Å². The number of thiazole rings is 1. The molecule has 2 aromatic heterocycles. The number of hydrogen-bond donors (Lipinski definition) is 1. The van der Waals surface area contributed by atoms with Crippen molar-refractivity contribution < 1.29 is 9.21 Å². The summed E-state index contributed by atoms with van der Waals surface area (Å²) in [7, 11) is 0. The highest BCUT2D eigenvalue weighted by atomic mass is 32.1. The minimum absolute atomic E-state index is 0.174. The molecule has 1 aliphatic rings. The number of furan rings is 1. The maximum atomic E-state index is 12.7. The highest BCUT2D eigenvalue weighted by Gasteiger charge is 2.26. The van der Waals surface area contributed by atoms with Gasteiger partial charge in [-0.3, -0.25) is 4.79 Å². The normalized spacial score (nSPS) is 17.6. The van der Waals surface area contributed by atoms with E-state index < -0.39 is 0 Å². The van der Waals surface area contributed by atoms with E-state index >= 15 is 0 Å². The molecular formula is C17H23N3O2S. The molecule has 1 N–H and O–H groups in total. The fraction of sp³-hybridized carbons (Fsp3) is 0.529. The van der Waals surface area contributed by atoms with Crippen LogP contribution in [0.25, 0.3) is 10.8 Å². The zero-order valence-electron chi connectivity index (χ0n) is 13.7. The number of nitrogens with one attached hydrogen (secondary N) is 1. The summed E-state index contributed by atoms with van der Waals surface area (Å²) >= 11 is 1.53. The van der Waals surface area contributed by atoms with E-state index in [9.17, 15) is 4.79 Å². The van der Waals surface area contributed by atoms with Crippen molar-refractivity contribution >= 4 is 17.2 Å². The van der Waals surface area contributed by atoms with Gasteiger partial charge in [0.1, 0.15) is 5.76 Å². The van der Waals surface area contributed by atoms with E-state index in [4.69, 9.17) is 4.42 Å². The predicted octanol–water partition coefficient (Wildman–Crippen LogP) is 2.85. The number of aromatic nitrogens is 1. The van der Waals surface area contributed by atoms with Gasteiger partial charge in [-0.25, -0.2) is 4.98 Å². The molecule has 1 atom stereocenters. The van der Waals surface area contributed by atoms with Crippen molar-refractivity contribution in [2.45, 2.75) is 39.2 Å². The summed E-state index contributed by atoms with van der Waals surface area (Å²) in [6.45, 7) is 6.75. The number of amides is 1. The topological polar surface area (TPSA) is 58.4 Å². The molecule has 1 aliphatic heterocycles. The first kappa shape index (κ1) is 16.2. The largest absolute Gasteiger partial charge is 0.459 e. The molecule has 2 aromatic rings. The van der Waals surface area contributed by atoms with Crippen molar-refractivity contribution in [3.05, 3.63) is 29.0 Å². The van der Waals surface area contributed by atoms with Gasteiger partial charge in [-0.2, -0.15) is 0 Å². The minimum Gasteiger partial charge on any atom is -0.459 e. The average Bonchev–Trinajstić information content (AvgIpc) is 3.25. The van der Waals surface area contributed by atoms with E-state index in [1.54, 1.807) is 0 Å². The van der Waals surface area contributed by atoms with Crippen molar-refractivity contribution in [3.8, 4) is 10.8 Å². The second-order valence-electron chi connectivity index (χ2n) is 5.96. The van der Waals surface area contributed by atoms with Gasteiger partial charge in [0, 0.05) is 24.5 Å². The van der Waals surface area contributed by atoms with Gasteiger partial charge in [-0.05, 0) is 38.4 Å². The first-order chi connectivity index (χ1) is 11.2. The molecule has 0 bridgehead atoms. The number of aryl methyl sites for hydroxylation is 1. The number of carbonyl (C=O) groups excluding carboxylic acids is 1. The molecule has 6 heteroatoms. The monoisotopic (exact) mass is 333 g/mol. The lowest BCUT2D eigenvalue weighted by Crippen LogP contribution is -2.42.